The van der Waals surface area contributed by atoms with E-state index in [9.17, 15) is 5.26 Å². The van der Waals surface area contributed by atoms with Crippen LogP contribution in [0.15, 0.2) is 18.2 Å². The van der Waals surface area contributed by atoms with Crippen molar-refractivity contribution in [2.75, 3.05) is 24.5 Å². The molecular formula is C15H21N3. The standard InChI is InChI=1S/C15H21N3/c1-11(2)13-4-5-15(14(8-13)9-16)18-7-6-17-10-12(18)3/h4-5,8,11-12,17H,6-7,10H2,1-3H3/t12-/m1/s1. The van der Waals surface area contributed by atoms with Gasteiger partial charge in [0.2, 0.25) is 0 Å². The van der Waals surface area contributed by atoms with Crippen molar-refractivity contribution in [2.24, 2.45) is 0 Å². The molecule has 0 bridgehead atoms. The molecule has 1 heterocycles. The Morgan fingerprint density at radius 3 is 2.83 bits per heavy atom. The number of hydrogen-bond acceptors (Lipinski definition) is 3. The summed E-state index contributed by atoms with van der Waals surface area (Å²) in [6.07, 6.45) is 0. The Morgan fingerprint density at radius 1 is 1.44 bits per heavy atom. The van der Waals surface area contributed by atoms with Crippen LogP contribution in [0.25, 0.3) is 0 Å². The van der Waals surface area contributed by atoms with Crippen LogP contribution in [-0.2, 0) is 0 Å². The van der Waals surface area contributed by atoms with Gasteiger partial charge >= 0.3 is 0 Å². The van der Waals surface area contributed by atoms with E-state index in [1.54, 1.807) is 0 Å². The molecule has 1 aliphatic rings. The van der Waals surface area contributed by atoms with Crippen molar-refractivity contribution in [2.45, 2.75) is 32.7 Å². The normalized spacial score (nSPS) is 19.9. The quantitative estimate of drug-likeness (QED) is 0.867. The number of nitrogens with zero attached hydrogens (tertiary/aromatic N) is 2. The second-order valence-electron chi connectivity index (χ2n) is 5.29. The topological polar surface area (TPSA) is 39.1 Å². The lowest BCUT2D eigenvalue weighted by Gasteiger charge is -2.36. The molecule has 0 saturated carbocycles. The maximum absolute atomic E-state index is 9.35. The molecule has 1 aromatic carbocycles. The summed E-state index contributed by atoms with van der Waals surface area (Å²) in [5.41, 5.74) is 3.11. The van der Waals surface area contributed by atoms with E-state index >= 15 is 0 Å². The highest BCUT2D eigenvalue weighted by molar-refractivity contribution is 5.61. The number of rotatable bonds is 2. The summed E-state index contributed by atoms with van der Waals surface area (Å²) < 4.78 is 0. The Kier molecular flexibility index (Phi) is 3.88. The lowest BCUT2D eigenvalue weighted by Crippen LogP contribution is -2.50. The van der Waals surface area contributed by atoms with Gasteiger partial charge in [0, 0.05) is 25.7 Å². The van der Waals surface area contributed by atoms with Gasteiger partial charge in [-0.25, -0.2) is 0 Å². The lowest BCUT2D eigenvalue weighted by atomic mass is 9.99. The summed E-state index contributed by atoms with van der Waals surface area (Å²) in [5.74, 6) is 0.464. The first-order valence-electron chi connectivity index (χ1n) is 6.65. The summed E-state index contributed by atoms with van der Waals surface area (Å²) >= 11 is 0. The third kappa shape index (κ3) is 2.49. The number of anilines is 1. The van der Waals surface area contributed by atoms with Gasteiger partial charge < -0.3 is 10.2 Å². The molecule has 3 heteroatoms. The van der Waals surface area contributed by atoms with E-state index in [2.05, 4.69) is 49.2 Å². The largest absolute Gasteiger partial charge is 0.365 e. The molecule has 1 N–H and O–H groups in total. The van der Waals surface area contributed by atoms with Crippen LogP contribution in [-0.4, -0.2) is 25.7 Å². The molecular weight excluding hydrogens is 222 g/mol. The van der Waals surface area contributed by atoms with Gasteiger partial charge in [-0.2, -0.15) is 5.26 Å². The fraction of sp³-hybridized carbons (Fsp3) is 0.533. The summed E-state index contributed by atoms with van der Waals surface area (Å²) in [6, 6.07) is 9.08. The second-order valence-corrected chi connectivity index (χ2v) is 5.29. The van der Waals surface area contributed by atoms with E-state index in [4.69, 9.17) is 0 Å². The summed E-state index contributed by atoms with van der Waals surface area (Å²) in [5, 5.41) is 12.7. The van der Waals surface area contributed by atoms with E-state index in [-0.39, 0.29) is 0 Å². The minimum atomic E-state index is 0.441. The Bertz CT molecular complexity index is 459. The van der Waals surface area contributed by atoms with E-state index < -0.39 is 0 Å². The van der Waals surface area contributed by atoms with Gasteiger partial charge in [0.15, 0.2) is 0 Å². The van der Waals surface area contributed by atoms with Gasteiger partial charge in [0.05, 0.1) is 11.3 Å². The highest BCUT2D eigenvalue weighted by atomic mass is 15.2. The van der Waals surface area contributed by atoms with Gasteiger partial charge in [-0.1, -0.05) is 19.9 Å². The van der Waals surface area contributed by atoms with Crippen molar-refractivity contribution < 1.29 is 0 Å². The summed E-state index contributed by atoms with van der Waals surface area (Å²) in [7, 11) is 0. The average Bonchev–Trinajstić information content (AvgIpc) is 2.38. The van der Waals surface area contributed by atoms with Gasteiger partial charge in [-0.05, 0) is 30.5 Å². The highest BCUT2D eigenvalue weighted by Crippen LogP contribution is 2.26. The molecule has 0 spiro atoms. The minimum Gasteiger partial charge on any atom is -0.365 e. The lowest BCUT2D eigenvalue weighted by molar-refractivity contribution is 0.500. The molecule has 0 radical (unpaired) electrons. The maximum Gasteiger partial charge on any atom is 0.101 e. The smallest absolute Gasteiger partial charge is 0.101 e. The highest BCUT2D eigenvalue weighted by Gasteiger charge is 2.20. The zero-order chi connectivity index (χ0) is 13.1. The zero-order valence-corrected chi connectivity index (χ0v) is 11.4. The van der Waals surface area contributed by atoms with Gasteiger partial charge in [0.25, 0.3) is 0 Å². The first kappa shape index (κ1) is 12.9. The molecule has 0 unspecified atom stereocenters. The van der Waals surface area contributed by atoms with Crippen molar-refractivity contribution in [3.8, 4) is 6.07 Å². The van der Waals surface area contributed by atoms with Crippen LogP contribution < -0.4 is 10.2 Å². The Hall–Kier alpha value is -1.53. The Morgan fingerprint density at radius 2 is 2.22 bits per heavy atom. The van der Waals surface area contributed by atoms with Gasteiger partial charge in [-0.15, -0.1) is 0 Å². The third-order valence-corrected chi connectivity index (χ3v) is 3.62. The number of piperazine rings is 1. The molecule has 0 aromatic heterocycles. The van der Waals surface area contributed by atoms with Crippen LogP contribution in [0, 0.1) is 11.3 Å². The van der Waals surface area contributed by atoms with Gasteiger partial charge in [0.1, 0.15) is 6.07 Å². The third-order valence-electron chi connectivity index (χ3n) is 3.62. The molecule has 1 atom stereocenters. The Balaban J connectivity index is 2.35. The van der Waals surface area contributed by atoms with Crippen LogP contribution >= 0.6 is 0 Å². The number of nitriles is 1. The monoisotopic (exact) mass is 243 g/mol. The van der Waals surface area contributed by atoms with Crippen molar-refractivity contribution >= 4 is 5.69 Å². The average molecular weight is 243 g/mol. The Labute approximate surface area is 109 Å². The van der Waals surface area contributed by atoms with E-state index in [0.29, 0.717) is 12.0 Å². The minimum absolute atomic E-state index is 0.441. The first-order valence-corrected chi connectivity index (χ1v) is 6.65. The summed E-state index contributed by atoms with van der Waals surface area (Å²) in [6.45, 7) is 9.45. The van der Waals surface area contributed by atoms with E-state index in [1.165, 1.54) is 5.56 Å². The SMILES string of the molecule is CC(C)c1ccc(N2CCNC[C@H]2C)c(C#N)c1. The van der Waals surface area contributed by atoms with Crippen molar-refractivity contribution in [3.63, 3.8) is 0 Å². The zero-order valence-electron chi connectivity index (χ0n) is 11.4. The van der Waals surface area contributed by atoms with Crippen LogP contribution in [0.4, 0.5) is 5.69 Å². The summed E-state index contributed by atoms with van der Waals surface area (Å²) in [4.78, 5) is 2.33. The van der Waals surface area contributed by atoms with E-state index in [1.807, 2.05) is 6.07 Å². The molecule has 96 valence electrons. The van der Waals surface area contributed by atoms with Gasteiger partial charge in [-0.3, -0.25) is 0 Å². The molecule has 0 amide bonds. The van der Waals surface area contributed by atoms with Crippen LogP contribution in [0.3, 0.4) is 0 Å². The first-order chi connectivity index (χ1) is 8.63. The molecule has 2 rings (SSSR count). The predicted molar refractivity (Wildman–Crippen MR) is 74.9 cm³/mol. The maximum atomic E-state index is 9.35. The van der Waals surface area contributed by atoms with Crippen molar-refractivity contribution in [1.82, 2.24) is 5.32 Å². The van der Waals surface area contributed by atoms with E-state index in [0.717, 1.165) is 30.9 Å². The van der Waals surface area contributed by atoms with Crippen molar-refractivity contribution in [1.29, 1.82) is 5.26 Å². The fourth-order valence-electron chi connectivity index (χ4n) is 2.45. The molecule has 0 aliphatic carbocycles. The predicted octanol–water partition coefficient (Wildman–Crippen LogP) is 2.48. The molecule has 1 aliphatic heterocycles. The number of nitrogens with one attached hydrogen (secondary N) is 1. The van der Waals surface area contributed by atoms with Crippen molar-refractivity contribution in [3.05, 3.63) is 29.3 Å². The fourth-order valence-corrected chi connectivity index (χ4v) is 2.45. The molecule has 3 nitrogen and oxygen atoms in total. The number of hydrogen-bond donors (Lipinski definition) is 1. The van der Waals surface area contributed by atoms with Crippen LogP contribution in [0.2, 0.25) is 0 Å². The molecule has 18 heavy (non-hydrogen) atoms. The molecule has 1 saturated heterocycles. The molecule has 1 fully saturated rings. The molecule has 1 aromatic rings. The van der Waals surface area contributed by atoms with Crippen LogP contribution in [0.1, 0.15) is 37.8 Å². The second kappa shape index (κ2) is 5.41. The number of benzene rings is 1. The van der Waals surface area contributed by atoms with Crippen LogP contribution in [0.5, 0.6) is 0 Å².